The van der Waals surface area contributed by atoms with Gasteiger partial charge in [-0.05, 0) is 36.8 Å². The van der Waals surface area contributed by atoms with Crippen molar-refractivity contribution in [3.8, 4) is 5.75 Å². The first kappa shape index (κ1) is 14.1. The summed E-state index contributed by atoms with van der Waals surface area (Å²) in [7, 11) is 1.59. The smallest absolute Gasteiger partial charge is 0.255 e. The second-order valence-electron chi connectivity index (χ2n) is 5.06. The SMILES string of the molecule is COc1cc(C(=O)Nc2cnc3ccccc3c2)ccc1C. The fraction of sp³-hybridized carbons (Fsp3) is 0.111. The molecule has 1 amide bonds. The number of nitrogens with one attached hydrogen (secondary N) is 1. The number of fused-ring (bicyclic) bond motifs is 1. The molecule has 4 nitrogen and oxygen atoms in total. The third-order valence-corrected chi connectivity index (χ3v) is 3.52. The van der Waals surface area contributed by atoms with Crippen molar-refractivity contribution < 1.29 is 9.53 Å². The lowest BCUT2D eigenvalue weighted by Crippen LogP contribution is -2.12. The van der Waals surface area contributed by atoms with Crippen molar-refractivity contribution in [2.75, 3.05) is 12.4 Å². The van der Waals surface area contributed by atoms with Crippen LogP contribution < -0.4 is 10.1 Å². The summed E-state index contributed by atoms with van der Waals surface area (Å²) in [4.78, 5) is 16.7. The quantitative estimate of drug-likeness (QED) is 0.798. The monoisotopic (exact) mass is 292 g/mol. The van der Waals surface area contributed by atoms with Crippen LogP contribution in [0.4, 0.5) is 5.69 Å². The minimum absolute atomic E-state index is 0.185. The van der Waals surface area contributed by atoms with Crippen LogP contribution in [-0.2, 0) is 0 Å². The Hall–Kier alpha value is -2.88. The zero-order chi connectivity index (χ0) is 15.5. The number of hydrogen-bond donors (Lipinski definition) is 1. The highest BCUT2D eigenvalue weighted by Crippen LogP contribution is 2.21. The van der Waals surface area contributed by atoms with Gasteiger partial charge in [0.05, 0.1) is 24.5 Å². The summed E-state index contributed by atoms with van der Waals surface area (Å²) < 4.78 is 5.25. The first-order valence-electron chi connectivity index (χ1n) is 6.98. The molecule has 0 atom stereocenters. The second-order valence-corrected chi connectivity index (χ2v) is 5.06. The van der Waals surface area contributed by atoms with Gasteiger partial charge in [-0.3, -0.25) is 9.78 Å². The van der Waals surface area contributed by atoms with E-state index < -0.39 is 0 Å². The van der Waals surface area contributed by atoms with Gasteiger partial charge in [0, 0.05) is 10.9 Å². The molecule has 1 heterocycles. The maximum atomic E-state index is 12.3. The van der Waals surface area contributed by atoms with Crippen molar-refractivity contribution in [1.82, 2.24) is 4.98 Å². The van der Waals surface area contributed by atoms with E-state index in [1.165, 1.54) is 0 Å². The Labute approximate surface area is 128 Å². The molecule has 3 rings (SSSR count). The molecule has 1 N–H and O–H groups in total. The average molecular weight is 292 g/mol. The number of aromatic nitrogens is 1. The summed E-state index contributed by atoms with van der Waals surface area (Å²) in [5, 5.41) is 3.85. The number of ether oxygens (including phenoxy) is 1. The Kier molecular flexibility index (Phi) is 3.74. The molecule has 0 aliphatic carbocycles. The standard InChI is InChI=1S/C18H16N2O2/c1-12-7-8-14(10-17(12)22-2)18(21)20-15-9-13-5-3-4-6-16(13)19-11-15/h3-11H,1-2H3,(H,20,21). The van der Waals surface area contributed by atoms with Gasteiger partial charge in [0.1, 0.15) is 5.75 Å². The molecule has 0 spiro atoms. The van der Waals surface area contributed by atoms with Crippen LogP contribution in [0.5, 0.6) is 5.75 Å². The molecule has 3 aromatic rings. The zero-order valence-electron chi connectivity index (χ0n) is 12.5. The maximum Gasteiger partial charge on any atom is 0.255 e. The van der Waals surface area contributed by atoms with Crippen LogP contribution in [0.15, 0.2) is 54.7 Å². The summed E-state index contributed by atoms with van der Waals surface area (Å²) >= 11 is 0. The Bertz CT molecular complexity index is 843. The number of nitrogens with zero attached hydrogens (tertiary/aromatic N) is 1. The molecule has 110 valence electrons. The maximum absolute atomic E-state index is 12.3. The lowest BCUT2D eigenvalue weighted by Gasteiger charge is -2.09. The molecule has 0 bridgehead atoms. The number of rotatable bonds is 3. The van der Waals surface area contributed by atoms with E-state index in [1.807, 2.05) is 43.3 Å². The van der Waals surface area contributed by atoms with Crippen molar-refractivity contribution in [3.63, 3.8) is 0 Å². The molecule has 0 aliphatic rings. The Morgan fingerprint density at radius 3 is 2.77 bits per heavy atom. The first-order chi connectivity index (χ1) is 10.7. The van der Waals surface area contributed by atoms with Crippen molar-refractivity contribution in [2.24, 2.45) is 0 Å². The highest BCUT2D eigenvalue weighted by Gasteiger charge is 2.09. The normalized spacial score (nSPS) is 10.5. The number of carbonyl (C=O) groups excluding carboxylic acids is 1. The number of hydrogen-bond acceptors (Lipinski definition) is 3. The molecular formula is C18H16N2O2. The molecule has 0 saturated carbocycles. The summed E-state index contributed by atoms with van der Waals surface area (Å²) in [6, 6.07) is 15.1. The first-order valence-corrected chi connectivity index (χ1v) is 6.98. The lowest BCUT2D eigenvalue weighted by atomic mass is 10.1. The van der Waals surface area contributed by atoms with E-state index in [0.717, 1.165) is 16.5 Å². The van der Waals surface area contributed by atoms with Crippen LogP contribution in [0.3, 0.4) is 0 Å². The van der Waals surface area contributed by atoms with Crippen LogP contribution in [-0.4, -0.2) is 18.0 Å². The van der Waals surface area contributed by atoms with Crippen LogP contribution in [0.1, 0.15) is 15.9 Å². The van der Waals surface area contributed by atoms with Gasteiger partial charge in [0.25, 0.3) is 5.91 Å². The molecule has 4 heteroatoms. The highest BCUT2D eigenvalue weighted by atomic mass is 16.5. The number of anilines is 1. The van der Waals surface area contributed by atoms with Crippen LogP contribution in [0, 0.1) is 6.92 Å². The van der Waals surface area contributed by atoms with Gasteiger partial charge in [0.2, 0.25) is 0 Å². The Balaban J connectivity index is 1.86. The number of methoxy groups -OCH3 is 1. The third-order valence-electron chi connectivity index (χ3n) is 3.52. The minimum Gasteiger partial charge on any atom is -0.496 e. The topological polar surface area (TPSA) is 51.2 Å². The molecule has 22 heavy (non-hydrogen) atoms. The fourth-order valence-electron chi connectivity index (χ4n) is 2.30. The van der Waals surface area contributed by atoms with E-state index in [0.29, 0.717) is 17.0 Å². The summed E-state index contributed by atoms with van der Waals surface area (Å²) in [6.07, 6.45) is 1.66. The van der Waals surface area contributed by atoms with Crippen LogP contribution in [0.2, 0.25) is 0 Å². The third kappa shape index (κ3) is 2.76. The largest absolute Gasteiger partial charge is 0.496 e. The number of benzene rings is 2. The molecule has 2 aromatic carbocycles. The van der Waals surface area contributed by atoms with E-state index in [9.17, 15) is 4.79 Å². The van der Waals surface area contributed by atoms with Gasteiger partial charge in [-0.1, -0.05) is 24.3 Å². The average Bonchev–Trinajstić information content (AvgIpc) is 2.55. The van der Waals surface area contributed by atoms with Crippen molar-refractivity contribution >= 4 is 22.5 Å². The van der Waals surface area contributed by atoms with Crippen LogP contribution >= 0.6 is 0 Å². The molecule has 0 fully saturated rings. The van der Waals surface area contributed by atoms with Gasteiger partial charge in [-0.15, -0.1) is 0 Å². The van der Waals surface area contributed by atoms with Crippen molar-refractivity contribution in [1.29, 1.82) is 0 Å². The molecular weight excluding hydrogens is 276 g/mol. The van der Waals surface area contributed by atoms with Gasteiger partial charge in [0.15, 0.2) is 0 Å². The molecule has 0 saturated heterocycles. The van der Waals surface area contributed by atoms with Gasteiger partial charge in [-0.25, -0.2) is 0 Å². The van der Waals surface area contributed by atoms with Crippen molar-refractivity contribution in [3.05, 3.63) is 65.9 Å². The van der Waals surface area contributed by atoms with Gasteiger partial charge < -0.3 is 10.1 Å². The number of pyridine rings is 1. The number of para-hydroxylation sites is 1. The number of aryl methyl sites for hydroxylation is 1. The molecule has 0 radical (unpaired) electrons. The highest BCUT2D eigenvalue weighted by molar-refractivity contribution is 6.05. The summed E-state index contributed by atoms with van der Waals surface area (Å²) in [6.45, 7) is 1.94. The summed E-state index contributed by atoms with van der Waals surface area (Å²) in [5.41, 5.74) is 3.11. The molecule has 0 unspecified atom stereocenters. The van der Waals surface area contributed by atoms with Crippen molar-refractivity contribution in [2.45, 2.75) is 6.92 Å². The minimum atomic E-state index is -0.185. The van der Waals surface area contributed by atoms with E-state index in [4.69, 9.17) is 4.74 Å². The number of carbonyl (C=O) groups is 1. The summed E-state index contributed by atoms with van der Waals surface area (Å²) in [5.74, 6) is 0.514. The fourth-order valence-corrected chi connectivity index (χ4v) is 2.30. The van der Waals surface area contributed by atoms with Crippen LogP contribution in [0.25, 0.3) is 10.9 Å². The van der Waals surface area contributed by atoms with E-state index in [2.05, 4.69) is 10.3 Å². The predicted octanol–water partition coefficient (Wildman–Crippen LogP) is 3.80. The predicted molar refractivity (Wildman–Crippen MR) is 87.4 cm³/mol. The number of amides is 1. The van der Waals surface area contributed by atoms with Gasteiger partial charge in [-0.2, -0.15) is 0 Å². The van der Waals surface area contributed by atoms with E-state index in [1.54, 1.807) is 25.4 Å². The Morgan fingerprint density at radius 1 is 1.14 bits per heavy atom. The second kappa shape index (κ2) is 5.85. The molecule has 0 aliphatic heterocycles. The Morgan fingerprint density at radius 2 is 1.95 bits per heavy atom. The van der Waals surface area contributed by atoms with Gasteiger partial charge >= 0.3 is 0 Å². The zero-order valence-corrected chi connectivity index (χ0v) is 12.5. The molecule has 1 aromatic heterocycles. The lowest BCUT2D eigenvalue weighted by molar-refractivity contribution is 0.102. The van der Waals surface area contributed by atoms with E-state index >= 15 is 0 Å². The van der Waals surface area contributed by atoms with E-state index in [-0.39, 0.29) is 5.91 Å².